The molecule has 88 valence electrons. The molecule has 1 N–H and O–H groups in total. The highest BCUT2D eigenvalue weighted by molar-refractivity contribution is 7.13. The van der Waals surface area contributed by atoms with E-state index in [-0.39, 0.29) is 5.91 Å². The highest BCUT2D eigenvalue weighted by atomic mass is 32.1. The zero-order chi connectivity index (χ0) is 12.3. The first kappa shape index (κ1) is 11.5. The van der Waals surface area contributed by atoms with Crippen molar-refractivity contribution in [3.05, 3.63) is 34.8 Å². The van der Waals surface area contributed by atoms with E-state index in [0.717, 1.165) is 5.56 Å². The van der Waals surface area contributed by atoms with Crippen LogP contribution in [0.3, 0.4) is 0 Å². The Morgan fingerprint density at radius 1 is 1.47 bits per heavy atom. The Balaban J connectivity index is 2.26. The standard InChI is InChI=1S/C11H11N3O2S/c1-7-3-4-9(16-2)8(5-7)10(15)13-11-14-12-6-17-11/h3-6H,1-2H3,(H,13,14,15). The first-order valence-corrected chi connectivity index (χ1v) is 5.81. The molecule has 0 saturated carbocycles. The van der Waals surface area contributed by atoms with Crippen LogP contribution in [-0.4, -0.2) is 23.2 Å². The van der Waals surface area contributed by atoms with Gasteiger partial charge in [-0.1, -0.05) is 23.0 Å². The molecular weight excluding hydrogens is 238 g/mol. The van der Waals surface area contributed by atoms with Crippen molar-refractivity contribution in [1.82, 2.24) is 10.2 Å². The largest absolute Gasteiger partial charge is 0.496 e. The highest BCUT2D eigenvalue weighted by Crippen LogP contribution is 2.21. The third kappa shape index (κ3) is 2.59. The van der Waals surface area contributed by atoms with Gasteiger partial charge in [-0.25, -0.2) is 0 Å². The number of anilines is 1. The van der Waals surface area contributed by atoms with Crippen LogP contribution in [0.15, 0.2) is 23.7 Å². The number of carbonyl (C=O) groups excluding carboxylic acids is 1. The Morgan fingerprint density at radius 2 is 2.29 bits per heavy atom. The number of nitrogens with one attached hydrogen (secondary N) is 1. The van der Waals surface area contributed by atoms with Crippen molar-refractivity contribution >= 4 is 22.4 Å². The molecular formula is C11H11N3O2S. The van der Waals surface area contributed by atoms with E-state index >= 15 is 0 Å². The average molecular weight is 249 g/mol. The SMILES string of the molecule is COc1ccc(C)cc1C(=O)Nc1nncs1. The van der Waals surface area contributed by atoms with Crippen LogP contribution < -0.4 is 10.1 Å². The van der Waals surface area contributed by atoms with E-state index in [1.54, 1.807) is 17.6 Å². The molecule has 1 aromatic carbocycles. The number of benzene rings is 1. The van der Waals surface area contributed by atoms with E-state index < -0.39 is 0 Å². The van der Waals surface area contributed by atoms with Gasteiger partial charge in [0.15, 0.2) is 0 Å². The van der Waals surface area contributed by atoms with Crippen LogP contribution in [0.4, 0.5) is 5.13 Å². The van der Waals surface area contributed by atoms with Gasteiger partial charge in [0.1, 0.15) is 11.3 Å². The minimum absolute atomic E-state index is 0.248. The van der Waals surface area contributed by atoms with E-state index in [4.69, 9.17) is 4.74 Å². The summed E-state index contributed by atoms with van der Waals surface area (Å²) in [6.45, 7) is 1.92. The number of methoxy groups -OCH3 is 1. The molecule has 5 nitrogen and oxygen atoms in total. The fourth-order valence-corrected chi connectivity index (χ4v) is 1.83. The van der Waals surface area contributed by atoms with E-state index in [1.165, 1.54) is 18.4 Å². The van der Waals surface area contributed by atoms with E-state index in [0.29, 0.717) is 16.4 Å². The lowest BCUT2D eigenvalue weighted by molar-refractivity contribution is 0.102. The Kier molecular flexibility index (Phi) is 3.34. The number of hydrogen-bond acceptors (Lipinski definition) is 5. The van der Waals surface area contributed by atoms with Crippen LogP contribution in [0.25, 0.3) is 0 Å². The zero-order valence-electron chi connectivity index (χ0n) is 9.43. The van der Waals surface area contributed by atoms with Gasteiger partial charge >= 0.3 is 0 Å². The van der Waals surface area contributed by atoms with Crippen molar-refractivity contribution in [2.24, 2.45) is 0 Å². The van der Waals surface area contributed by atoms with Crippen molar-refractivity contribution in [3.63, 3.8) is 0 Å². The number of amides is 1. The summed E-state index contributed by atoms with van der Waals surface area (Å²) in [5.74, 6) is 0.292. The summed E-state index contributed by atoms with van der Waals surface area (Å²) in [5.41, 5.74) is 3.04. The second-order valence-corrected chi connectivity index (χ2v) is 4.23. The summed E-state index contributed by atoms with van der Waals surface area (Å²) in [6.07, 6.45) is 0. The summed E-state index contributed by atoms with van der Waals surface area (Å²) in [5, 5.41) is 10.5. The molecule has 0 fully saturated rings. The third-order valence-corrected chi connectivity index (χ3v) is 2.79. The maximum absolute atomic E-state index is 12.0. The lowest BCUT2D eigenvalue weighted by Crippen LogP contribution is -2.13. The smallest absolute Gasteiger partial charge is 0.261 e. The van der Waals surface area contributed by atoms with Crippen molar-refractivity contribution in [1.29, 1.82) is 0 Å². The van der Waals surface area contributed by atoms with Gasteiger partial charge in [0.25, 0.3) is 5.91 Å². The molecule has 0 atom stereocenters. The third-order valence-electron chi connectivity index (χ3n) is 2.18. The highest BCUT2D eigenvalue weighted by Gasteiger charge is 2.13. The number of aromatic nitrogens is 2. The molecule has 0 radical (unpaired) electrons. The second-order valence-electron chi connectivity index (χ2n) is 3.40. The molecule has 0 aliphatic carbocycles. The van der Waals surface area contributed by atoms with Crippen molar-refractivity contribution in [2.45, 2.75) is 6.92 Å². The van der Waals surface area contributed by atoms with Crippen LogP contribution in [-0.2, 0) is 0 Å². The van der Waals surface area contributed by atoms with Gasteiger partial charge in [0.05, 0.1) is 12.7 Å². The minimum Gasteiger partial charge on any atom is -0.496 e. The Morgan fingerprint density at radius 3 is 2.94 bits per heavy atom. The lowest BCUT2D eigenvalue weighted by atomic mass is 10.1. The molecule has 1 aromatic heterocycles. The van der Waals surface area contributed by atoms with Gasteiger partial charge in [-0.2, -0.15) is 0 Å². The van der Waals surface area contributed by atoms with Crippen molar-refractivity contribution in [3.8, 4) is 5.75 Å². The maximum atomic E-state index is 12.0. The normalized spacial score (nSPS) is 10.0. The monoisotopic (exact) mass is 249 g/mol. The van der Waals surface area contributed by atoms with Crippen LogP contribution in [0, 0.1) is 6.92 Å². The molecule has 0 spiro atoms. The fourth-order valence-electron chi connectivity index (χ4n) is 1.39. The zero-order valence-corrected chi connectivity index (χ0v) is 10.2. The predicted octanol–water partition coefficient (Wildman–Crippen LogP) is 2.11. The number of nitrogens with zero attached hydrogens (tertiary/aromatic N) is 2. The van der Waals surface area contributed by atoms with Crippen LogP contribution in [0.5, 0.6) is 5.75 Å². The number of ether oxygens (including phenoxy) is 1. The van der Waals surface area contributed by atoms with Crippen LogP contribution in [0.2, 0.25) is 0 Å². The number of rotatable bonds is 3. The first-order valence-electron chi connectivity index (χ1n) is 4.93. The second kappa shape index (κ2) is 4.92. The molecule has 0 saturated heterocycles. The minimum atomic E-state index is -0.248. The van der Waals surface area contributed by atoms with Gasteiger partial charge in [-0.15, -0.1) is 10.2 Å². The van der Waals surface area contributed by atoms with Gasteiger partial charge in [-0.3, -0.25) is 10.1 Å². The topological polar surface area (TPSA) is 64.1 Å². The average Bonchev–Trinajstić information content (AvgIpc) is 2.81. The molecule has 1 amide bonds. The summed E-state index contributed by atoms with van der Waals surface area (Å²) in [7, 11) is 1.53. The van der Waals surface area contributed by atoms with E-state index in [2.05, 4.69) is 15.5 Å². The van der Waals surface area contributed by atoms with E-state index in [9.17, 15) is 4.79 Å². The summed E-state index contributed by atoms with van der Waals surface area (Å²) < 4.78 is 5.15. The first-order chi connectivity index (χ1) is 8.20. The van der Waals surface area contributed by atoms with E-state index in [1.807, 2.05) is 13.0 Å². The quantitative estimate of drug-likeness (QED) is 0.904. The molecule has 6 heteroatoms. The molecule has 2 rings (SSSR count). The summed E-state index contributed by atoms with van der Waals surface area (Å²) >= 11 is 1.27. The molecule has 0 aliphatic heterocycles. The molecule has 0 unspecified atom stereocenters. The van der Waals surface area contributed by atoms with Crippen molar-refractivity contribution in [2.75, 3.05) is 12.4 Å². The molecule has 2 aromatic rings. The number of aryl methyl sites for hydroxylation is 1. The van der Waals surface area contributed by atoms with Crippen LogP contribution >= 0.6 is 11.3 Å². The van der Waals surface area contributed by atoms with Gasteiger partial charge in [0.2, 0.25) is 5.13 Å². The molecule has 0 bridgehead atoms. The fraction of sp³-hybridized carbons (Fsp3) is 0.182. The number of carbonyl (C=O) groups is 1. The Bertz CT molecular complexity index is 526. The Hall–Kier alpha value is -1.95. The summed E-state index contributed by atoms with van der Waals surface area (Å²) in [4.78, 5) is 12.0. The van der Waals surface area contributed by atoms with Crippen LogP contribution in [0.1, 0.15) is 15.9 Å². The lowest BCUT2D eigenvalue weighted by Gasteiger charge is -2.08. The van der Waals surface area contributed by atoms with Gasteiger partial charge in [0, 0.05) is 0 Å². The molecule has 1 heterocycles. The molecule has 17 heavy (non-hydrogen) atoms. The Labute approximate surface area is 102 Å². The summed E-state index contributed by atoms with van der Waals surface area (Å²) in [6, 6.07) is 5.43. The number of hydrogen-bond donors (Lipinski definition) is 1. The van der Waals surface area contributed by atoms with Gasteiger partial charge < -0.3 is 4.74 Å². The maximum Gasteiger partial charge on any atom is 0.261 e. The van der Waals surface area contributed by atoms with Crippen molar-refractivity contribution < 1.29 is 9.53 Å². The van der Waals surface area contributed by atoms with Gasteiger partial charge in [-0.05, 0) is 19.1 Å². The molecule has 0 aliphatic rings. The predicted molar refractivity (Wildman–Crippen MR) is 65.6 cm³/mol.